The van der Waals surface area contributed by atoms with Gasteiger partial charge in [-0.3, -0.25) is 4.79 Å². The molecule has 0 atom stereocenters. The van der Waals surface area contributed by atoms with Gasteiger partial charge in [0.05, 0.1) is 31.6 Å². The summed E-state index contributed by atoms with van der Waals surface area (Å²) in [7, 11) is 3.53. The van der Waals surface area contributed by atoms with E-state index in [0.29, 0.717) is 32.8 Å². The van der Waals surface area contributed by atoms with Crippen molar-refractivity contribution in [1.29, 1.82) is 0 Å². The standard InChI is InChI=1S/C15H19N3O3S/c1-17(10-13(19)18-6-8-21-9-7-18)15-16-14-11(20-2)4-3-5-12(14)22-15/h3-5H,6-10H2,1-2H3. The molecule has 2 aromatic rings. The number of methoxy groups -OCH3 is 1. The average Bonchev–Trinajstić information content (AvgIpc) is 2.99. The van der Waals surface area contributed by atoms with Crippen molar-refractivity contribution < 1.29 is 14.3 Å². The molecule has 0 radical (unpaired) electrons. The third-order valence-electron chi connectivity index (χ3n) is 3.65. The Balaban J connectivity index is 1.74. The fraction of sp³-hybridized carbons (Fsp3) is 0.467. The molecular weight excluding hydrogens is 302 g/mol. The normalized spacial score (nSPS) is 15.1. The molecule has 0 spiro atoms. The molecule has 0 N–H and O–H groups in total. The maximum Gasteiger partial charge on any atom is 0.242 e. The number of hydrogen-bond donors (Lipinski definition) is 0. The predicted molar refractivity (Wildman–Crippen MR) is 86.8 cm³/mol. The van der Waals surface area contributed by atoms with Gasteiger partial charge < -0.3 is 19.3 Å². The minimum atomic E-state index is 0.108. The molecule has 1 aliphatic heterocycles. The number of aromatic nitrogens is 1. The van der Waals surface area contributed by atoms with E-state index < -0.39 is 0 Å². The summed E-state index contributed by atoms with van der Waals surface area (Å²) in [4.78, 5) is 20.6. The second-order valence-corrected chi connectivity index (χ2v) is 6.16. The Kier molecular flexibility index (Phi) is 4.44. The first-order chi connectivity index (χ1) is 10.7. The number of carbonyl (C=O) groups excluding carboxylic acids is 1. The second-order valence-electron chi connectivity index (χ2n) is 5.15. The number of rotatable bonds is 4. The van der Waals surface area contributed by atoms with Crippen LogP contribution in [0.1, 0.15) is 0 Å². The lowest BCUT2D eigenvalue weighted by molar-refractivity contribution is -0.133. The molecule has 1 aromatic heterocycles. The molecule has 118 valence electrons. The van der Waals surface area contributed by atoms with Crippen molar-refractivity contribution in [2.45, 2.75) is 0 Å². The predicted octanol–water partition coefficient (Wildman–Crippen LogP) is 1.60. The minimum absolute atomic E-state index is 0.108. The van der Waals surface area contributed by atoms with Gasteiger partial charge in [0.25, 0.3) is 0 Å². The van der Waals surface area contributed by atoms with Crippen LogP contribution in [0, 0.1) is 0 Å². The number of nitrogens with zero attached hydrogens (tertiary/aromatic N) is 3. The lowest BCUT2D eigenvalue weighted by Gasteiger charge is -2.28. The van der Waals surface area contributed by atoms with Crippen molar-refractivity contribution in [3.05, 3.63) is 18.2 Å². The lowest BCUT2D eigenvalue weighted by Crippen LogP contribution is -2.45. The van der Waals surface area contributed by atoms with Crippen LogP contribution in [0.2, 0.25) is 0 Å². The first-order valence-corrected chi connectivity index (χ1v) is 8.01. The molecule has 1 amide bonds. The number of para-hydroxylation sites is 1. The van der Waals surface area contributed by atoms with Gasteiger partial charge in [-0.15, -0.1) is 0 Å². The Morgan fingerprint density at radius 3 is 2.95 bits per heavy atom. The Hall–Kier alpha value is -1.86. The van der Waals surface area contributed by atoms with Gasteiger partial charge in [-0.25, -0.2) is 4.98 Å². The van der Waals surface area contributed by atoms with E-state index in [1.165, 1.54) is 0 Å². The van der Waals surface area contributed by atoms with Crippen LogP contribution in [-0.2, 0) is 9.53 Å². The first-order valence-electron chi connectivity index (χ1n) is 7.19. The second kappa shape index (κ2) is 6.50. The molecule has 1 fully saturated rings. The Labute approximate surface area is 133 Å². The third kappa shape index (κ3) is 3.00. The first kappa shape index (κ1) is 15.1. The zero-order valence-electron chi connectivity index (χ0n) is 12.7. The highest BCUT2D eigenvalue weighted by Gasteiger charge is 2.20. The molecule has 0 saturated carbocycles. The maximum atomic E-state index is 12.3. The third-order valence-corrected chi connectivity index (χ3v) is 4.79. The molecule has 1 aromatic carbocycles. The zero-order valence-corrected chi connectivity index (χ0v) is 13.6. The molecule has 6 nitrogen and oxygen atoms in total. The molecule has 2 heterocycles. The van der Waals surface area contributed by atoms with Crippen LogP contribution in [-0.4, -0.2) is 62.8 Å². The average molecular weight is 321 g/mol. The van der Waals surface area contributed by atoms with Crippen molar-refractivity contribution in [3.63, 3.8) is 0 Å². The SMILES string of the molecule is COc1cccc2sc(N(C)CC(=O)N3CCOCC3)nc12. The summed E-state index contributed by atoms with van der Waals surface area (Å²) in [6.45, 7) is 2.89. The summed E-state index contributed by atoms with van der Waals surface area (Å²) in [5.74, 6) is 0.866. The van der Waals surface area contributed by atoms with Gasteiger partial charge in [-0.05, 0) is 12.1 Å². The highest BCUT2D eigenvalue weighted by molar-refractivity contribution is 7.22. The molecule has 7 heteroatoms. The maximum absolute atomic E-state index is 12.3. The van der Waals surface area contributed by atoms with E-state index in [1.54, 1.807) is 18.4 Å². The number of anilines is 1. The number of thiazole rings is 1. The van der Waals surface area contributed by atoms with Gasteiger partial charge in [0, 0.05) is 20.1 Å². The number of likely N-dealkylation sites (N-methyl/N-ethyl adjacent to an activating group) is 1. The van der Waals surface area contributed by atoms with Gasteiger partial charge >= 0.3 is 0 Å². The molecule has 22 heavy (non-hydrogen) atoms. The van der Waals surface area contributed by atoms with Crippen molar-refractivity contribution in [3.8, 4) is 5.75 Å². The van der Waals surface area contributed by atoms with Crippen LogP contribution in [0.15, 0.2) is 18.2 Å². The number of amides is 1. The number of hydrogen-bond acceptors (Lipinski definition) is 6. The molecule has 0 bridgehead atoms. The highest BCUT2D eigenvalue weighted by Crippen LogP contribution is 2.33. The quantitative estimate of drug-likeness (QED) is 0.856. The zero-order chi connectivity index (χ0) is 15.5. The van der Waals surface area contributed by atoms with Gasteiger partial charge in [-0.2, -0.15) is 0 Å². The minimum Gasteiger partial charge on any atom is -0.494 e. The summed E-state index contributed by atoms with van der Waals surface area (Å²) >= 11 is 1.56. The van der Waals surface area contributed by atoms with E-state index >= 15 is 0 Å². The summed E-state index contributed by atoms with van der Waals surface area (Å²) in [5.41, 5.74) is 0.843. The van der Waals surface area contributed by atoms with Crippen molar-refractivity contribution in [2.24, 2.45) is 0 Å². The van der Waals surface area contributed by atoms with Crippen molar-refractivity contribution >= 4 is 32.6 Å². The topological polar surface area (TPSA) is 54.9 Å². The monoisotopic (exact) mass is 321 g/mol. The van der Waals surface area contributed by atoms with Gasteiger partial charge in [0.15, 0.2) is 5.13 Å². The highest BCUT2D eigenvalue weighted by atomic mass is 32.1. The molecule has 1 saturated heterocycles. The molecular formula is C15H19N3O3S. The van der Waals surface area contributed by atoms with E-state index in [2.05, 4.69) is 4.98 Å². The smallest absolute Gasteiger partial charge is 0.242 e. The Bertz CT molecular complexity index is 667. The van der Waals surface area contributed by atoms with E-state index in [1.807, 2.05) is 35.0 Å². The van der Waals surface area contributed by atoms with Gasteiger partial charge in [-0.1, -0.05) is 17.4 Å². The van der Waals surface area contributed by atoms with Gasteiger partial charge in [0.1, 0.15) is 11.3 Å². The van der Waals surface area contributed by atoms with Gasteiger partial charge in [0.2, 0.25) is 5.91 Å². The number of benzene rings is 1. The largest absolute Gasteiger partial charge is 0.494 e. The van der Waals surface area contributed by atoms with Crippen LogP contribution >= 0.6 is 11.3 Å². The summed E-state index contributed by atoms with van der Waals surface area (Å²) in [6, 6.07) is 5.85. The molecule has 1 aliphatic rings. The number of morpholine rings is 1. The molecule has 3 rings (SSSR count). The van der Waals surface area contributed by atoms with Crippen LogP contribution in [0.25, 0.3) is 10.2 Å². The summed E-state index contributed by atoms with van der Waals surface area (Å²) < 4.78 is 11.7. The van der Waals surface area contributed by atoms with Crippen molar-refractivity contribution in [2.75, 3.05) is 51.9 Å². The van der Waals surface area contributed by atoms with Crippen molar-refractivity contribution in [1.82, 2.24) is 9.88 Å². The number of ether oxygens (including phenoxy) is 2. The Morgan fingerprint density at radius 2 is 2.23 bits per heavy atom. The number of fused-ring (bicyclic) bond motifs is 1. The van der Waals surface area contributed by atoms with Crippen LogP contribution < -0.4 is 9.64 Å². The van der Waals surface area contributed by atoms with Crippen LogP contribution in [0.5, 0.6) is 5.75 Å². The van der Waals surface area contributed by atoms with Crippen LogP contribution in [0.3, 0.4) is 0 Å². The lowest BCUT2D eigenvalue weighted by atomic mass is 10.3. The van der Waals surface area contributed by atoms with Crippen LogP contribution in [0.4, 0.5) is 5.13 Å². The number of carbonyl (C=O) groups is 1. The molecule has 0 aliphatic carbocycles. The van der Waals surface area contributed by atoms with E-state index in [0.717, 1.165) is 21.1 Å². The summed E-state index contributed by atoms with van der Waals surface area (Å²) in [5, 5.41) is 0.820. The fourth-order valence-electron chi connectivity index (χ4n) is 2.42. The fourth-order valence-corrected chi connectivity index (χ4v) is 3.37. The van der Waals surface area contributed by atoms with E-state index in [4.69, 9.17) is 9.47 Å². The molecule has 0 unspecified atom stereocenters. The Morgan fingerprint density at radius 1 is 1.45 bits per heavy atom. The van der Waals surface area contributed by atoms with E-state index in [-0.39, 0.29) is 5.91 Å². The van der Waals surface area contributed by atoms with E-state index in [9.17, 15) is 4.79 Å². The summed E-state index contributed by atoms with van der Waals surface area (Å²) in [6.07, 6.45) is 0.